The number of urea groups is 1. The third-order valence-electron chi connectivity index (χ3n) is 4.81. The molecule has 166 valence electrons. The van der Waals surface area contributed by atoms with Gasteiger partial charge in [0.1, 0.15) is 11.6 Å². The number of carbonyl (C=O) groups is 2. The van der Waals surface area contributed by atoms with Gasteiger partial charge in [0, 0.05) is 30.7 Å². The molecule has 1 aromatic heterocycles. The van der Waals surface area contributed by atoms with Gasteiger partial charge in [0.25, 0.3) is 0 Å². The van der Waals surface area contributed by atoms with Crippen LogP contribution >= 0.6 is 35.0 Å². The fraction of sp³-hybridized carbons (Fsp3) is 0.238. The van der Waals surface area contributed by atoms with E-state index in [4.69, 9.17) is 27.9 Å². The second-order valence-corrected chi connectivity index (χ2v) is 8.86. The van der Waals surface area contributed by atoms with Crippen LogP contribution in [0.4, 0.5) is 4.79 Å². The lowest BCUT2D eigenvalue weighted by molar-refractivity contribution is -0.121. The van der Waals surface area contributed by atoms with Crippen LogP contribution in [0.2, 0.25) is 10.0 Å². The number of benzene rings is 2. The molecule has 11 heteroatoms. The zero-order chi connectivity index (χ0) is 22.7. The van der Waals surface area contributed by atoms with E-state index in [2.05, 4.69) is 20.8 Å². The maximum atomic E-state index is 11.8. The summed E-state index contributed by atoms with van der Waals surface area (Å²) in [6.45, 7) is 0. The summed E-state index contributed by atoms with van der Waals surface area (Å²) < 4.78 is 7.27. The van der Waals surface area contributed by atoms with E-state index in [9.17, 15) is 9.59 Å². The summed E-state index contributed by atoms with van der Waals surface area (Å²) in [5, 5.41) is 15.4. The van der Waals surface area contributed by atoms with Crippen molar-refractivity contribution in [1.82, 2.24) is 25.4 Å². The van der Waals surface area contributed by atoms with Crippen molar-refractivity contribution in [3.63, 3.8) is 0 Å². The van der Waals surface area contributed by atoms with Crippen molar-refractivity contribution in [2.24, 2.45) is 0 Å². The number of imide groups is 1. The van der Waals surface area contributed by atoms with Gasteiger partial charge >= 0.3 is 6.03 Å². The van der Waals surface area contributed by atoms with Crippen LogP contribution in [0.5, 0.6) is 5.75 Å². The standard InChI is InChI=1S/C21H19Cl2N5O3S/c1-31-15-4-2-3-14(10-15)28-18(8-13-9-19(29)25-20(30)24-13)26-27-21(28)32-11-12-5-6-16(22)17(23)7-12/h2-7,10,13H,8-9,11H2,1H3,(H2,24,25,29,30). The van der Waals surface area contributed by atoms with Gasteiger partial charge in [0.05, 0.1) is 22.8 Å². The SMILES string of the molecule is COc1cccc(-n2c(CC3CC(=O)NC(=O)N3)nnc2SCc2ccc(Cl)c(Cl)c2)c1. The molecule has 8 nitrogen and oxygen atoms in total. The van der Waals surface area contributed by atoms with E-state index in [0.717, 1.165) is 11.3 Å². The summed E-state index contributed by atoms with van der Waals surface area (Å²) in [7, 11) is 1.60. The Morgan fingerprint density at radius 2 is 2.00 bits per heavy atom. The number of hydrogen-bond acceptors (Lipinski definition) is 6. The Labute approximate surface area is 198 Å². The van der Waals surface area contributed by atoms with Crippen molar-refractivity contribution in [3.05, 3.63) is 63.9 Å². The van der Waals surface area contributed by atoms with Crippen molar-refractivity contribution >= 4 is 46.9 Å². The molecule has 0 bridgehead atoms. The Hall–Kier alpha value is -2.75. The average Bonchev–Trinajstić information content (AvgIpc) is 3.16. The molecule has 0 radical (unpaired) electrons. The number of aromatic nitrogens is 3. The highest BCUT2D eigenvalue weighted by Gasteiger charge is 2.27. The van der Waals surface area contributed by atoms with Gasteiger partial charge in [-0.05, 0) is 29.8 Å². The van der Waals surface area contributed by atoms with E-state index in [1.54, 1.807) is 13.2 Å². The number of nitrogens with zero attached hydrogens (tertiary/aromatic N) is 3. The molecule has 2 aromatic carbocycles. The van der Waals surface area contributed by atoms with E-state index in [1.165, 1.54) is 11.8 Å². The minimum atomic E-state index is -0.507. The third-order valence-corrected chi connectivity index (χ3v) is 6.55. The summed E-state index contributed by atoms with van der Waals surface area (Å²) >= 11 is 13.6. The topological polar surface area (TPSA) is 98.1 Å². The highest BCUT2D eigenvalue weighted by Crippen LogP contribution is 2.30. The van der Waals surface area contributed by atoms with Gasteiger partial charge < -0.3 is 10.1 Å². The Morgan fingerprint density at radius 3 is 2.75 bits per heavy atom. The summed E-state index contributed by atoms with van der Waals surface area (Å²) in [5.74, 6) is 1.59. The fourth-order valence-corrected chi connectivity index (χ4v) is 4.56. The molecule has 1 unspecified atom stereocenters. The number of carbonyl (C=O) groups excluding carboxylic acids is 2. The van der Waals surface area contributed by atoms with Gasteiger partial charge in [0.15, 0.2) is 5.16 Å². The van der Waals surface area contributed by atoms with Crippen LogP contribution in [0, 0.1) is 0 Å². The molecule has 0 spiro atoms. The van der Waals surface area contributed by atoms with E-state index >= 15 is 0 Å². The molecule has 1 atom stereocenters. The number of halogens is 2. The third kappa shape index (κ3) is 5.17. The smallest absolute Gasteiger partial charge is 0.321 e. The molecule has 1 fully saturated rings. The lowest BCUT2D eigenvalue weighted by Crippen LogP contribution is -2.53. The van der Waals surface area contributed by atoms with Crippen molar-refractivity contribution in [2.75, 3.05) is 7.11 Å². The quantitative estimate of drug-likeness (QED) is 0.484. The Kier molecular flexibility index (Phi) is 6.88. The molecule has 1 saturated heterocycles. The summed E-state index contributed by atoms with van der Waals surface area (Å²) in [5.41, 5.74) is 1.80. The Morgan fingerprint density at radius 1 is 1.16 bits per heavy atom. The summed E-state index contributed by atoms with van der Waals surface area (Å²) in [6.07, 6.45) is 0.513. The maximum absolute atomic E-state index is 11.8. The molecule has 1 aliphatic heterocycles. The van der Waals surface area contributed by atoms with Crippen LogP contribution in [0.15, 0.2) is 47.6 Å². The monoisotopic (exact) mass is 491 g/mol. The Bertz CT molecular complexity index is 1150. The first-order chi connectivity index (χ1) is 15.4. The molecule has 4 rings (SSSR count). The van der Waals surface area contributed by atoms with E-state index in [1.807, 2.05) is 41.0 Å². The minimum Gasteiger partial charge on any atom is -0.497 e. The normalized spacial score (nSPS) is 15.9. The van der Waals surface area contributed by atoms with E-state index in [-0.39, 0.29) is 18.4 Å². The van der Waals surface area contributed by atoms with Crippen LogP contribution in [0.1, 0.15) is 17.8 Å². The average molecular weight is 492 g/mol. The van der Waals surface area contributed by atoms with Crippen molar-refractivity contribution < 1.29 is 14.3 Å². The predicted octanol–water partition coefficient (Wildman–Crippen LogP) is 4.02. The van der Waals surface area contributed by atoms with Gasteiger partial charge in [0.2, 0.25) is 5.91 Å². The summed E-state index contributed by atoms with van der Waals surface area (Å²) in [4.78, 5) is 23.5. The molecule has 2 heterocycles. The van der Waals surface area contributed by atoms with E-state index < -0.39 is 6.03 Å². The van der Waals surface area contributed by atoms with Crippen molar-refractivity contribution in [1.29, 1.82) is 0 Å². The van der Waals surface area contributed by atoms with Gasteiger partial charge in [-0.15, -0.1) is 10.2 Å². The molecule has 2 N–H and O–H groups in total. The van der Waals surface area contributed by atoms with Crippen LogP contribution in [0.25, 0.3) is 5.69 Å². The number of hydrogen-bond donors (Lipinski definition) is 2. The Balaban J connectivity index is 1.64. The molecular formula is C21H19Cl2N5O3S. The van der Waals surface area contributed by atoms with Gasteiger partial charge in [-0.1, -0.05) is 47.1 Å². The maximum Gasteiger partial charge on any atom is 0.321 e. The van der Waals surface area contributed by atoms with Crippen LogP contribution < -0.4 is 15.4 Å². The van der Waals surface area contributed by atoms with Gasteiger partial charge in [-0.3, -0.25) is 14.7 Å². The van der Waals surface area contributed by atoms with Crippen LogP contribution in [-0.4, -0.2) is 39.9 Å². The molecule has 1 aliphatic rings. The van der Waals surface area contributed by atoms with E-state index in [0.29, 0.717) is 38.9 Å². The van der Waals surface area contributed by atoms with Crippen LogP contribution in [-0.2, 0) is 17.0 Å². The first-order valence-electron chi connectivity index (χ1n) is 9.68. The summed E-state index contributed by atoms with van der Waals surface area (Å²) in [6, 6.07) is 12.1. The number of amides is 3. The predicted molar refractivity (Wildman–Crippen MR) is 123 cm³/mol. The largest absolute Gasteiger partial charge is 0.497 e. The van der Waals surface area contributed by atoms with Gasteiger partial charge in [-0.2, -0.15) is 0 Å². The molecule has 32 heavy (non-hydrogen) atoms. The zero-order valence-corrected chi connectivity index (χ0v) is 19.3. The van der Waals surface area contributed by atoms with Crippen molar-refractivity contribution in [3.8, 4) is 11.4 Å². The second-order valence-electron chi connectivity index (χ2n) is 7.10. The first kappa shape index (κ1) is 22.4. The lowest BCUT2D eigenvalue weighted by Gasteiger charge is -2.23. The number of rotatable bonds is 7. The second kappa shape index (κ2) is 9.81. The lowest BCUT2D eigenvalue weighted by atomic mass is 10.1. The number of nitrogens with one attached hydrogen (secondary N) is 2. The minimum absolute atomic E-state index is 0.169. The molecular weight excluding hydrogens is 473 g/mol. The van der Waals surface area contributed by atoms with Crippen molar-refractivity contribution in [2.45, 2.75) is 29.8 Å². The zero-order valence-electron chi connectivity index (χ0n) is 17.0. The fourth-order valence-electron chi connectivity index (χ4n) is 3.33. The number of methoxy groups -OCH3 is 1. The number of thioether (sulfide) groups is 1. The molecule has 0 saturated carbocycles. The highest BCUT2D eigenvalue weighted by molar-refractivity contribution is 7.98. The van der Waals surface area contributed by atoms with Crippen LogP contribution in [0.3, 0.4) is 0 Å². The number of ether oxygens (including phenoxy) is 1. The molecule has 0 aliphatic carbocycles. The molecule has 3 aromatic rings. The first-order valence-corrected chi connectivity index (χ1v) is 11.4. The highest BCUT2D eigenvalue weighted by atomic mass is 35.5. The molecule has 3 amide bonds. The van der Waals surface area contributed by atoms with Gasteiger partial charge in [-0.25, -0.2) is 4.79 Å².